The zero-order valence-electron chi connectivity index (χ0n) is 14.0. The minimum absolute atomic E-state index is 0.00394. The quantitative estimate of drug-likeness (QED) is 0.411. The number of hydrogen-bond donors (Lipinski definition) is 2. The van der Waals surface area contributed by atoms with E-state index in [2.05, 4.69) is 5.32 Å². The van der Waals surface area contributed by atoms with E-state index in [9.17, 15) is 10.1 Å². The van der Waals surface area contributed by atoms with Crippen LogP contribution in [0.4, 0.5) is 5.82 Å². The van der Waals surface area contributed by atoms with E-state index >= 15 is 0 Å². The van der Waals surface area contributed by atoms with Gasteiger partial charge in [0.1, 0.15) is 17.4 Å². The third kappa shape index (κ3) is 2.68. The monoisotopic (exact) mass is 450 g/mol. The van der Waals surface area contributed by atoms with Gasteiger partial charge in [-0.3, -0.25) is 10.2 Å². The normalized spacial score (nSPS) is 12.5. The summed E-state index contributed by atoms with van der Waals surface area (Å²) in [6.45, 7) is 1.01. The number of ketones is 1. The van der Waals surface area contributed by atoms with Gasteiger partial charge in [0.25, 0.3) is 0 Å². The molecule has 9 heteroatoms. The Hall–Kier alpha value is -2.23. The average molecular weight is 452 g/mol. The molecule has 0 unspecified atom stereocenters. The number of hydrogen-bond acceptors (Lipinski definition) is 4. The van der Waals surface area contributed by atoms with Crippen molar-refractivity contribution in [2.24, 2.45) is 0 Å². The SMILES string of the molecule is N#Cc1c(Cl)c(Cl)c2c(C(=O)c3ccc(Cl)cc3)c3n(c(=N)c2c1Cl)CCN3. The maximum atomic E-state index is 13.4. The summed E-state index contributed by atoms with van der Waals surface area (Å²) < 4.78 is 1.64. The molecule has 1 aliphatic rings. The van der Waals surface area contributed by atoms with Gasteiger partial charge in [-0.1, -0.05) is 46.4 Å². The van der Waals surface area contributed by atoms with Crippen LogP contribution in [-0.2, 0) is 6.54 Å². The molecule has 2 N–H and O–H groups in total. The largest absolute Gasteiger partial charge is 0.369 e. The lowest BCUT2D eigenvalue weighted by molar-refractivity contribution is 0.104. The molecule has 140 valence electrons. The van der Waals surface area contributed by atoms with Gasteiger partial charge < -0.3 is 9.88 Å². The van der Waals surface area contributed by atoms with E-state index in [1.165, 1.54) is 0 Å². The zero-order valence-corrected chi connectivity index (χ0v) is 17.1. The summed E-state index contributed by atoms with van der Waals surface area (Å²) in [5.41, 5.74) is 0.685. The van der Waals surface area contributed by atoms with Gasteiger partial charge in [-0.25, -0.2) is 0 Å². The maximum absolute atomic E-state index is 13.4. The molecule has 2 aromatic carbocycles. The van der Waals surface area contributed by atoms with Gasteiger partial charge in [0.05, 0.1) is 26.2 Å². The molecule has 1 aromatic heterocycles. The predicted octanol–water partition coefficient (Wildman–Crippen LogP) is 5.26. The highest BCUT2D eigenvalue weighted by Crippen LogP contribution is 2.42. The number of halogens is 4. The number of nitrogens with one attached hydrogen (secondary N) is 2. The number of aromatic nitrogens is 1. The van der Waals surface area contributed by atoms with Crippen molar-refractivity contribution in [1.29, 1.82) is 10.7 Å². The number of nitriles is 1. The van der Waals surface area contributed by atoms with E-state index < -0.39 is 0 Å². The second-order valence-electron chi connectivity index (χ2n) is 6.17. The van der Waals surface area contributed by atoms with E-state index in [4.69, 9.17) is 51.8 Å². The van der Waals surface area contributed by atoms with Crippen LogP contribution in [0.15, 0.2) is 24.3 Å². The molecule has 28 heavy (non-hydrogen) atoms. The van der Waals surface area contributed by atoms with Crippen molar-refractivity contribution in [1.82, 2.24) is 4.57 Å². The van der Waals surface area contributed by atoms with Crippen molar-refractivity contribution in [2.45, 2.75) is 6.54 Å². The standard InChI is InChI=1S/C19H10Cl4N4O/c20-9-3-1-8(2-4-9)17(28)13-11-12(18(25)27-6-5-26-19(13)27)14(21)10(7-24)15(22)16(11)23/h1-4,25-26H,5-6H2. The van der Waals surface area contributed by atoms with E-state index in [1.54, 1.807) is 28.8 Å². The van der Waals surface area contributed by atoms with Crippen molar-refractivity contribution in [3.63, 3.8) is 0 Å². The number of carbonyl (C=O) groups is 1. The summed E-state index contributed by atoms with van der Waals surface area (Å²) in [5.74, 6) is 0.148. The first kappa shape index (κ1) is 19.1. The van der Waals surface area contributed by atoms with Crippen molar-refractivity contribution >= 4 is 68.8 Å². The molecular formula is C19H10Cl4N4O. The third-order valence-corrected chi connectivity index (χ3v) is 6.14. The summed E-state index contributed by atoms with van der Waals surface area (Å²) in [5, 5.41) is 22.1. The van der Waals surface area contributed by atoms with Crippen LogP contribution >= 0.6 is 46.4 Å². The first-order valence-corrected chi connectivity index (χ1v) is 9.63. The zero-order chi connectivity index (χ0) is 20.2. The highest BCUT2D eigenvalue weighted by molar-refractivity contribution is 6.50. The molecule has 4 rings (SSSR count). The van der Waals surface area contributed by atoms with Crippen molar-refractivity contribution < 1.29 is 4.79 Å². The Morgan fingerprint density at radius 2 is 1.75 bits per heavy atom. The molecule has 0 bridgehead atoms. The second-order valence-corrected chi connectivity index (χ2v) is 7.74. The predicted molar refractivity (Wildman–Crippen MR) is 111 cm³/mol. The van der Waals surface area contributed by atoms with Crippen LogP contribution in [0.1, 0.15) is 21.5 Å². The molecule has 0 saturated carbocycles. The molecule has 0 fully saturated rings. The van der Waals surface area contributed by atoms with Crippen molar-refractivity contribution in [3.8, 4) is 6.07 Å². The number of anilines is 1. The van der Waals surface area contributed by atoms with Crippen LogP contribution in [-0.4, -0.2) is 16.9 Å². The molecule has 0 spiro atoms. The van der Waals surface area contributed by atoms with E-state index in [0.717, 1.165) is 0 Å². The number of nitrogens with zero attached hydrogens (tertiary/aromatic N) is 2. The molecule has 0 aliphatic carbocycles. The first-order chi connectivity index (χ1) is 13.4. The van der Waals surface area contributed by atoms with Gasteiger partial charge in [0.15, 0.2) is 5.78 Å². The van der Waals surface area contributed by atoms with Gasteiger partial charge in [-0.05, 0) is 24.3 Å². The molecule has 2 heterocycles. The number of benzene rings is 2. The second kappa shape index (κ2) is 6.98. The molecule has 0 radical (unpaired) electrons. The minimum atomic E-state index is -0.321. The van der Waals surface area contributed by atoms with Crippen molar-refractivity contribution in [3.05, 3.63) is 66.5 Å². The Morgan fingerprint density at radius 1 is 1.07 bits per heavy atom. The minimum Gasteiger partial charge on any atom is -0.369 e. The van der Waals surface area contributed by atoms with Gasteiger partial charge in [0.2, 0.25) is 0 Å². The average Bonchev–Trinajstić information content (AvgIpc) is 3.16. The van der Waals surface area contributed by atoms with Crippen LogP contribution in [0.2, 0.25) is 20.1 Å². The van der Waals surface area contributed by atoms with Crippen LogP contribution < -0.4 is 10.8 Å². The Balaban J connectivity index is 2.19. The van der Waals surface area contributed by atoms with E-state index in [-0.39, 0.29) is 48.2 Å². The Kier molecular flexibility index (Phi) is 4.76. The van der Waals surface area contributed by atoms with Gasteiger partial charge in [0, 0.05) is 34.4 Å². The summed E-state index contributed by atoms with van der Waals surface area (Å²) in [4.78, 5) is 13.4. The number of fused-ring (bicyclic) bond motifs is 2. The lowest BCUT2D eigenvalue weighted by Gasteiger charge is -2.17. The highest BCUT2D eigenvalue weighted by Gasteiger charge is 2.29. The number of pyridine rings is 1. The number of carbonyl (C=O) groups excluding carboxylic acids is 1. The summed E-state index contributed by atoms with van der Waals surface area (Å²) in [6.07, 6.45) is 0. The van der Waals surface area contributed by atoms with Crippen molar-refractivity contribution in [2.75, 3.05) is 11.9 Å². The summed E-state index contributed by atoms with van der Waals surface area (Å²) in [6, 6.07) is 8.37. The lowest BCUT2D eigenvalue weighted by Crippen LogP contribution is -2.22. The Morgan fingerprint density at radius 3 is 2.39 bits per heavy atom. The molecule has 0 amide bonds. The Bertz CT molecular complexity index is 1270. The first-order valence-electron chi connectivity index (χ1n) is 8.12. The molecule has 0 saturated heterocycles. The van der Waals surface area contributed by atoms with E-state index in [0.29, 0.717) is 29.5 Å². The fourth-order valence-corrected chi connectivity index (χ4v) is 4.39. The van der Waals surface area contributed by atoms with E-state index in [1.807, 2.05) is 6.07 Å². The van der Waals surface area contributed by atoms with Crippen LogP contribution in [0, 0.1) is 16.7 Å². The summed E-state index contributed by atoms with van der Waals surface area (Å²) in [7, 11) is 0. The number of rotatable bonds is 2. The summed E-state index contributed by atoms with van der Waals surface area (Å²) >= 11 is 25.1. The van der Waals surface area contributed by atoms with Gasteiger partial charge in [-0.15, -0.1) is 0 Å². The molecule has 1 aliphatic heterocycles. The molecule has 0 atom stereocenters. The van der Waals surface area contributed by atoms with Crippen LogP contribution in [0.5, 0.6) is 0 Å². The fourth-order valence-electron chi connectivity index (χ4n) is 3.38. The van der Waals surface area contributed by atoms with Crippen LogP contribution in [0.25, 0.3) is 10.8 Å². The van der Waals surface area contributed by atoms with Crippen LogP contribution in [0.3, 0.4) is 0 Å². The van der Waals surface area contributed by atoms with Gasteiger partial charge >= 0.3 is 0 Å². The van der Waals surface area contributed by atoms with Gasteiger partial charge in [-0.2, -0.15) is 5.26 Å². The Labute approximate surface area is 179 Å². The molecular weight excluding hydrogens is 442 g/mol. The highest BCUT2D eigenvalue weighted by atomic mass is 35.5. The molecule has 5 nitrogen and oxygen atoms in total. The third-order valence-electron chi connectivity index (χ3n) is 4.66. The fraction of sp³-hybridized carbons (Fsp3) is 0.105. The topological polar surface area (TPSA) is 81.7 Å². The lowest BCUT2D eigenvalue weighted by atomic mass is 9.96. The smallest absolute Gasteiger partial charge is 0.197 e. The maximum Gasteiger partial charge on any atom is 0.197 e. The molecule has 3 aromatic rings.